The van der Waals surface area contributed by atoms with E-state index in [1.54, 1.807) is 0 Å². The third-order valence-corrected chi connectivity index (χ3v) is 3.64. The first-order valence-corrected chi connectivity index (χ1v) is 6.21. The van der Waals surface area contributed by atoms with Crippen molar-refractivity contribution in [1.29, 1.82) is 0 Å². The van der Waals surface area contributed by atoms with Crippen LogP contribution in [0.4, 0.5) is 14.6 Å². The second-order valence-corrected chi connectivity index (χ2v) is 4.85. The highest BCUT2D eigenvalue weighted by Gasteiger charge is 2.62. The van der Waals surface area contributed by atoms with E-state index in [9.17, 15) is 19.0 Å². The summed E-state index contributed by atoms with van der Waals surface area (Å²) in [6.07, 6.45) is -3.51. The molecule has 116 valence electrons. The first kappa shape index (κ1) is 14.6. The molecule has 3 rings (SSSR count). The molecule has 4 unspecified atom stereocenters. The Morgan fingerprint density at radius 3 is 2.86 bits per heavy atom. The Kier molecular flexibility index (Phi) is 3.21. The zero-order chi connectivity index (χ0) is 16.1. The minimum Gasteiger partial charge on any atom is -0.385 e. The van der Waals surface area contributed by atoms with Crippen LogP contribution < -0.4 is 5.73 Å². The van der Waals surface area contributed by atoms with Crippen LogP contribution in [-0.4, -0.2) is 49.4 Å². The summed E-state index contributed by atoms with van der Waals surface area (Å²) in [5.41, 5.74) is 3.38. The van der Waals surface area contributed by atoms with E-state index in [2.05, 4.69) is 14.8 Å². The molecular weight excluding hydrogens is 300 g/mol. The smallest absolute Gasteiger partial charge is 0.385 e. The van der Waals surface area contributed by atoms with Crippen LogP contribution in [0.5, 0.6) is 0 Å². The number of rotatable bonds is 2. The van der Waals surface area contributed by atoms with Crippen LogP contribution in [0.25, 0.3) is 15.9 Å². The Morgan fingerprint density at radius 2 is 2.27 bits per heavy atom. The van der Waals surface area contributed by atoms with Gasteiger partial charge in [-0.1, -0.05) is 0 Å². The standard InChI is InChI=1S/C12H11F2N5O3/c1-16-12(3-20)8(21)7(14)11(22-12)19-2-5(13)6-9(15)17-4-18-10(6)19/h2,4,7-8,11,20-21H,3H2,(H2,15,17,18). The van der Waals surface area contributed by atoms with E-state index in [0.717, 1.165) is 17.1 Å². The third kappa shape index (κ3) is 1.77. The minimum atomic E-state index is -2.14. The topological polar surface area (TPSA) is 111 Å². The summed E-state index contributed by atoms with van der Waals surface area (Å²) in [5.74, 6) is -0.920. The number of fused-ring (bicyclic) bond motifs is 1. The highest BCUT2D eigenvalue weighted by Crippen LogP contribution is 2.41. The summed E-state index contributed by atoms with van der Waals surface area (Å²) in [5, 5.41) is 19.0. The number of aromatic nitrogens is 3. The maximum absolute atomic E-state index is 14.3. The number of alkyl halides is 1. The molecular formula is C12H11F2N5O3. The van der Waals surface area contributed by atoms with Crippen molar-refractivity contribution in [3.63, 3.8) is 0 Å². The number of nitrogen functional groups attached to an aromatic ring is 1. The number of aliphatic hydroxyl groups excluding tert-OH is 2. The van der Waals surface area contributed by atoms with Gasteiger partial charge in [0.1, 0.15) is 12.1 Å². The second-order valence-electron chi connectivity index (χ2n) is 4.85. The number of nitrogens with two attached hydrogens (primary N) is 1. The van der Waals surface area contributed by atoms with E-state index in [-0.39, 0.29) is 16.9 Å². The van der Waals surface area contributed by atoms with E-state index in [0.29, 0.717) is 0 Å². The number of hydrogen-bond donors (Lipinski definition) is 3. The quantitative estimate of drug-likeness (QED) is 0.673. The van der Waals surface area contributed by atoms with Crippen LogP contribution in [0.3, 0.4) is 0 Å². The Labute approximate surface area is 122 Å². The summed E-state index contributed by atoms with van der Waals surface area (Å²) >= 11 is 0. The molecule has 8 nitrogen and oxygen atoms in total. The van der Waals surface area contributed by atoms with E-state index in [1.807, 2.05) is 0 Å². The molecule has 0 saturated carbocycles. The first-order valence-electron chi connectivity index (χ1n) is 6.21. The number of aliphatic hydroxyl groups is 2. The van der Waals surface area contributed by atoms with Crippen molar-refractivity contribution in [2.45, 2.75) is 24.2 Å². The lowest BCUT2D eigenvalue weighted by molar-refractivity contribution is -0.0979. The summed E-state index contributed by atoms with van der Waals surface area (Å²) in [6.45, 7) is 6.10. The average molecular weight is 311 g/mol. The Balaban J connectivity index is 2.14. The molecule has 0 spiro atoms. The van der Waals surface area contributed by atoms with Crippen molar-refractivity contribution in [2.24, 2.45) is 0 Å². The fraction of sp³-hybridized carbons (Fsp3) is 0.417. The number of nitrogens with zero attached hydrogens (tertiary/aromatic N) is 4. The van der Waals surface area contributed by atoms with Gasteiger partial charge in [0.25, 0.3) is 0 Å². The molecule has 1 aliphatic rings. The zero-order valence-electron chi connectivity index (χ0n) is 11.0. The molecule has 4 N–H and O–H groups in total. The van der Waals surface area contributed by atoms with Gasteiger partial charge in [0, 0.05) is 6.20 Å². The molecule has 2 aromatic heterocycles. The molecule has 0 aliphatic carbocycles. The number of halogens is 2. The number of ether oxygens (including phenoxy) is 1. The van der Waals surface area contributed by atoms with Gasteiger partial charge in [-0.2, -0.15) is 0 Å². The molecule has 0 bridgehead atoms. The largest absolute Gasteiger partial charge is 0.390 e. The van der Waals surface area contributed by atoms with Gasteiger partial charge in [-0.3, -0.25) is 14.1 Å². The summed E-state index contributed by atoms with van der Waals surface area (Å²) in [6, 6.07) is 0. The van der Waals surface area contributed by atoms with Crippen LogP contribution in [-0.2, 0) is 4.74 Å². The van der Waals surface area contributed by atoms with Crippen LogP contribution in [0.2, 0.25) is 0 Å². The van der Waals surface area contributed by atoms with Crippen molar-refractivity contribution in [2.75, 3.05) is 12.3 Å². The van der Waals surface area contributed by atoms with Crippen molar-refractivity contribution in [3.8, 4) is 0 Å². The molecule has 2 aromatic rings. The van der Waals surface area contributed by atoms with Gasteiger partial charge in [0.15, 0.2) is 36.6 Å². The Hall–Kier alpha value is -2.35. The highest BCUT2D eigenvalue weighted by molar-refractivity contribution is 5.86. The van der Waals surface area contributed by atoms with Crippen LogP contribution in [0.1, 0.15) is 6.23 Å². The van der Waals surface area contributed by atoms with Crippen molar-refractivity contribution < 1.29 is 23.7 Å². The van der Waals surface area contributed by atoms with Gasteiger partial charge < -0.3 is 15.9 Å². The zero-order valence-corrected chi connectivity index (χ0v) is 11.0. The maximum atomic E-state index is 14.3. The van der Waals surface area contributed by atoms with Gasteiger partial charge >= 0.3 is 5.72 Å². The van der Waals surface area contributed by atoms with Gasteiger partial charge in [-0.25, -0.2) is 25.3 Å². The predicted molar refractivity (Wildman–Crippen MR) is 69.3 cm³/mol. The molecule has 1 fully saturated rings. The summed E-state index contributed by atoms with van der Waals surface area (Å²) in [4.78, 5) is 10.4. The molecule has 1 aliphatic heterocycles. The molecule has 0 aromatic carbocycles. The number of hydrogen-bond acceptors (Lipinski definition) is 6. The molecule has 3 heterocycles. The Bertz CT molecular complexity index is 776. The lowest BCUT2D eigenvalue weighted by Gasteiger charge is -2.16. The molecule has 4 atom stereocenters. The highest BCUT2D eigenvalue weighted by atomic mass is 19.1. The maximum Gasteiger partial charge on any atom is 0.390 e. The van der Waals surface area contributed by atoms with E-state index >= 15 is 0 Å². The van der Waals surface area contributed by atoms with Crippen LogP contribution >= 0.6 is 0 Å². The lowest BCUT2D eigenvalue weighted by atomic mass is 10.1. The lowest BCUT2D eigenvalue weighted by Crippen LogP contribution is -2.42. The normalized spacial score (nSPS) is 31.5. The molecule has 0 amide bonds. The average Bonchev–Trinajstić information content (AvgIpc) is 2.98. The summed E-state index contributed by atoms with van der Waals surface area (Å²) in [7, 11) is 0. The van der Waals surface area contributed by atoms with Crippen LogP contribution in [0.15, 0.2) is 12.5 Å². The van der Waals surface area contributed by atoms with Crippen LogP contribution in [0, 0.1) is 12.4 Å². The fourth-order valence-electron chi connectivity index (χ4n) is 2.47. The van der Waals surface area contributed by atoms with Crippen molar-refractivity contribution >= 4 is 16.9 Å². The predicted octanol–water partition coefficient (Wildman–Crippen LogP) is -0.0117. The van der Waals surface area contributed by atoms with Crippen molar-refractivity contribution in [3.05, 3.63) is 29.8 Å². The molecule has 0 radical (unpaired) electrons. The van der Waals surface area contributed by atoms with E-state index in [4.69, 9.17) is 17.0 Å². The third-order valence-electron chi connectivity index (χ3n) is 3.64. The number of anilines is 1. The van der Waals surface area contributed by atoms with Gasteiger partial charge in [0.05, 0.1) is 5.39 Å². The fourth-order valence-corrected chi connectivity index (χ4v) is 2.47. The minimum absolute atomic E-state index is 0.0384. The summed E-state index contributed by atoms with van der Waals surface area (Å²) < 4.78 is 34.5. The second kappa shape index (κ2) is 4.84. The monoisotopic (exact) mass is 311 g/mol. The Morgan fingerprint density at radius 1 is 1.55 bits per heavy atom. The SMILES string of the molecule is [C-]#[N+]C1(CO)OC(n2cc(F)c3c(N)ncnc32)C(F)C1O. The van der Waals surface area contributed by atoms with E-state index < -0.39 is 36.7 Å². The molecule has 22 heavy (non-hydrogen) atoms. The van der Waals surface area contributed by atoms with Gasteiger partial charge in [-0.15, -0.1) is 0 Å². The first-order chi connectivity index (χ1) is 10.4. The molecule has 1 saturated heterocycles. The van der Waals surface area contributed by atoms with Crippen molar-refractivity contribution in [1.82, 2.24) is 14.5 Å². The van der Waals surface area contributed by atoms with Gasteiger partial charge in [-0.05, 0) is 0 Å². The van der Waals surface area contributed by atoms with E-state index in [1.165, 1.54) is 0 Å². The molecule has 10 heteroatoms. The van der Waals surface area contributed by atoms with Gasteiger partial charge in [0.2, 0.25) is 0 Å².